The second-order valence-electron chi connectivity index (χ2n) is 10.3. The first-order valence-electron chi connectivity index (χ1n) is 13.5. The van der Waals surface area contributed by atoms with Crippen LogP contribution in [-0.2, 0) is 12.0 Å². The first kappa shape index (κ1) is 24.9. The fraction of sp³-hybridized carbons (Fsp3) is 0.567. The number of aliphatic hydroxyl groups is 1. The highest BCUT2D eigenvalue weighted by Gasteiger charge is 2.36. The van der Waals surface area contributed by atoms with Crippen molar-refractivity contribution in [2.75, 3.05) is 37.6 Å². The number of ketones is 1. The molecule has 1 heterocycles. The van der Waals surface area contributed by atoms with Crippen molar-refractivity contribution in [1.29, 1.82) is 0 Å². The Morgan fingerprint density at radius 1 is 1.00 bits per heavy atom. The largest absolute Gasteiger partial charge is 0.385 e. The number of hydrogen-bond donors (Lipinski definition) is 1. The summed E-state index contributed by atoms with van der Waals surface area (Å²) < 4.78 is 0. The zero-order chi connectivity index (χ0) is 24.0. The highest BCUT2D eigenvalue weighted by Crippen LogP contribution is 2.34. The summed E-state index contributed by atoms with van der Waals surface area (Å²) in [7, 11) is 0. The predicted octanol–water partition coefficient (Wildman–Crippen LogP) is 5.82. The van der Waals surface area contributed by atoms with Crippen LogP contribution < -0.4 is 4.90 Å². The lowest BCUT2D eigenvalue weighted by Crippen LogP contribution is -2.45. The van der Waals surface area contributed by atoms with Gasteiger partial charge in [-0.05, 0) is 67.9 Å². The third-order valence-electron chi connectivity index (χ3n) is 7.89. The van der Waals surface area contributed by atoms with Crippen molar-refractivity contribution in [2.45, 2.75) is 70.8 Å². The smallest absolute Gasteiger partial charge is 0.167 e. The van der Waals surface area contributed by atoms with Crippen LogP contribution in [0.15, 0.2) is 48.5 Å². The Hall–Kier alpha value is -2.17. The standard InChI is InChI=1S/C30H42N2O2/c1-3-5-18-32(19-6-4-2)27-14-15-28-24(22-27)12-13-25(29(28)33)23-31-20-16-30(34,17-21-31)26-10-8-7-9-11-26/h7-11,14-15,22,25,34H,3-6,12-13,16-21,23H2,1-2H3. The third-order valence-corrected chi connectivity index (χ3v) is 7.89. The van der Waals surface area contributed by atoms with E-state index in [-0.39, 0.29) is 5.92 Å². The van der Waals surface area contributed by atoms with Gasteiger partial charge in [-0.1, -0.05) is 57.0 Å². The van der Waals surface area contributed by atoms with Gasteiger partial charge in [-0.2, -0.15) is 0 Å². The van der Waals surface area contributed by atoms with Crippen molar-refractivity contribution in [3.63, 3.8) is 0 Å². The molecule has 1 fully saturated rings. The minimum atomic E-state index is -0.737. The van der Waals surface area contributed by atoms with Crippen LogP contribution in [0.1, 0.15) is 80.3 Å². The van der Waals surface area contributed by atoms with Crippen LogP contribution in [0.2, 0.25) is 0 Å². The van der Waals surface area contributed by atoms with Crippen molar-refractivity contribution >= 4 is 11.5 Å². The van der Waals surface area contributed by atoms with Crippen LogP contribution in [0.25, 0.3) is 0 Å². The van der Waals surface area contributed by atoms with E-state index in [0.717, 1.165) is 69.5 Å². The topological polar surface area (TPSA) is 43.8 Å². The van der Waals surface area contributed by atoms with E-state index in [1.807, 2.05) is 30.3 Å². The Bertz CT molecular complexity index is 926. The Balaban J connectivity index is 1.37. The molecule has 4 nitrogen and oxygen atoms in total. The molecular weight excluding hydrogens is 420 g/mol. The predicted molar refractivity (Wildman–Crippen MR) is 141 cm³/mol. The van der Waals surface area contributed by atoms with E-state index in [9.17, 15) is 9.90 Å². The molecule has 4 heteroatoms. The molecule has 1 aliphatic heterocycles. The van der Waals surface area contributed by atoms with Crippen molar-refractivity contribution in [3.8, 4) is 0 Å². The van der Waals surface area contributed by atoms with Gasteiger partial charge in [-0.15, -0.1) is 0 Å². The van der Waals surface area contributed by atoms with Crippen molar-refractivity contribution in [3.05, 3.63) is 65.2 Å². The van der Waals surface area contributed by atoms with Gasteiger partial charge in [0.2, 0.25) is 0 Å². The van der Waals surface area contributed by atoms with Gasteiger partial charge in [-0.3, -0.25) is 4.79 Å². The van der Waals surface area contributed by atoms with E-state index in [2.05, 4.69) is 41.8 Å². The van der Waals surface area contributed by atoms with Gasteiger partial charge in [0.25, 0.3) is 0 Å². The molecule has 1 unspecified atom stereocenters. The highest BCUT2D eigenvalue weighted by atomic mass is 16.3. The fourth-order valence-corrected chi connectivity index (χ4v) is 5.60. The van der Waals surface area contributed by atoms with Crippen molar-refractivity contribution in [2.24, 2.45) is 5.92 Å². The molecule has 0 spiro atoms. The molecule has 4 rings (SSSR count). The molecule has 184 valence electrons. The third kappa shape index (κ3) is 5.72. The lowest BCUT2D eigenvalue weighted by atomic mass is 9.80. The minimum absolute atomic E-state index is 0.0672. The summed E-state index contributed by atoms with van der Waals surface area (Å²) in [5, 5.41) is 11.1. The maximum atomic E-state index is 13.4. The second-order valence-corrected chi connectivity index (χ2v) is 10.3. The van der Waals surface area contributed by atoms with Crippen LogP contribution in [0, 0.1) is 5.92 Å². The van der Waals surface area contributed by atoms with Crippen molar-refractivity contribution in [1.82, 2.24) is 4.90 Å². The quantitative estimate of drug-likeness (QED) is 0.483. The molecule has 0 radical (unpaired) electrons. The fourth-order valence-electron chi connectivity index (χ4n) is 5.60. The van der Waals surface area contributed by atoms with E-state index in [4.69, 9.17) is 0 Å². The lowest BCUT2D eigenvalue weighted by molar-refractivity contribution is -0.0283. The molecule has 2 aromatic rings. The molecule has 2 aromatic carbocycles. The zero-order valence-corrected chi connectivity index (χ0v) is 21.1. The van der Waals surface area contributed by atoms with Crippen LogP contribution >= 0.6 is 0 Å². The Labute approximate surface area is 206 Å². The van der Waals surface area contributed by atoms with Crippen LogP contribution in [0.4, 0.5) is 5.69 Å². The van der Waals surface area contributed by atoms with E-state index >= 15 is 0 Å². The summed E-state index contributed by atoms with van der Waals surface area (Å²) in [6, 6.07) is 16.6. The number of nitrogens with zero attached hydrogens (tertiary/aromatic N) is 2. The average Bonchev–Trinajstić information content (AvgIpc) is 2.87. The van der Waals surface area contributed by atoms with E-state index in [1.54, 1.807) is 0 Å². The Morgan fingerprint density at radius 2 is 1.68 bits per heavy atom. The van der Waals surface area contributed by atoms with Gasteiger partial charge >= 0.3 is 0 Å². The van der Waals surface area contributed by atoms with Crippen molar-refractivity contribution < 1.29 is 9.90 Å². The van der Waals surface area contributed by atoms with E-state index in [0.29, 0.717) is 5.78 Å². The van der Waals surface area contributed by atoms with Gasteiger partial charge < -0.3 is 14.9 Å². The second kappa shape index (κ2) is 11.5. The number of anilines is 1. The molecule has 0 aromatic heterocycles. The summed E-state index contributed by atoms with van der Waals surface area (Å²) in [5.74, 6) is 0.378. The molecule has 0 bridgehead atoms. The Morgan fingerprint density at radius 3 is 2.32 bits per heavy atom. The molecule has 1 atom stereocenters. The van der Waals surface area contributed by atoms with Crippen LogP contribution in [-0.4, -0.2) is 48.5 Å². The molecule has 0 saturated carbocycles. The number of aryl methyl sites for hydroxylation is 1. The van der Waals surface area contributed by atoms with Gasteiger partial charge in [0, 0.05) is 49.9 Å². The normalized spacial score (nSPS) is 20.2. The highest BCUT2D eigenvalue weighted by molar-refractivity contribution is 6.00. The molecule has 0 amide bonds. The molecule has 1 saturated heterocycles. The minimum Gasteiger partial charge on any atom is -0.385 e. The number of rotatable bonds is 10. The van der Waals surface area contributed by atoms with Gasteiger partial charge in [0.05, 0.1) is 5.60 Å². The Kier molecular flexibility index (Phi) is 8.44. The van der Waals surface area contributed by atoms with E-state index < -0.39 is 5.60 Å². The maximum Gasteiger partial charge on any atom is 0.167 e. The summed E-state index contributed by atoms with van der Waals surface area (Å²) in [5.41, 5.74) is 3.72. The van der Waals surface area contributed by atoms with Crippen LogP contribution in [0.3, 0.4) is 0 Å². The molecular formula is C30H42N2O2. The van der Waals surface area contributed by atoms with Gasteiger partial charge in [0.1, 0.15) is 0 Å². The van der Waals surface area contributed by atoms with Gasteiger partial charge in [0.15, 0.2) is 5.78 Å². The van der Waals surface area contributed by atoms with E-state index in [1.165, 1.54) is 36.9 Å². The number of piperidine rings is 1. The van der Waals surface area contributed by atoms with Crippen LogP contribution in [0.5, 0.6) is 0 Å². The molecule has 34 heavy (non-hydrogen) atoms. The number of hydrogen-bond acceptors (Lipinski definition) is 4. The number of carbonyl (C=O) groups is 1. The number of unbranched alkanes of at least 4 members (excludes halogenated alkanes) is 2. The zero-order valence-electron chi connectivity index (χ0n) is 21.1. The summed E-state index contributed by atoms with van der Waals surface area (Å²) in [4.78, 5) is 18.3. The maximum absolute atomic E-state index is 13.4. The summed E-state index contributed by atoms with van der Waals surface area (Å²) in [6.45, 7) is 9.16. The molecule has 1 N–H and O–H groups in total. The number of Topliss-reactive ketones (excluding diaryl/α,β-unsaturated/α-hetero) is 1. The number of benzene rings is 2. The number of fused-ring (bicyclic) bond motifs is 1. The first-order chi connectivity index (χ1) is 16.5. The monoisotopic (exact) mass is 462 g/mol. The summed E-state index contributed by atoms with van der Waals surface area (Å²) >= 11 is 0. The van der Waals surface area contributed by atoms with Gasteiger partial charge in [-0.25, -0.2) is 0 Å². The number of likely N-dealkylation sites (tertiary alicyclic amines) is 1. The lowest BCUT2D eigenvalue weighted by Gasteiger charge is -2.40. The summed E-state index contributed by atoms with van der Waals surface area (Å²) in [6.07, 6.45) is 8.18. The average molecular weight is 463 g/mol. The first-order valence-corrected chi connectivity index (χ1v) is 13.5. The molecule has 2 aliphatic rings. The molecule has 1 aliphatic carbocycles. The SMILES string of the molecule is CCCCN(CCCC)c1ccc2c(c1)CCC(CN1CCC(O)(c3ccccc3)CC1)C2=O. The number of carbonyl (C=O) groups excluding carboxylic acids is 1.